The summed E-state index contributed by atoms with van der Waals surface area (Å²) < 4.78 is 33.4. The zero-order valence-corrected chi connectivity index (χ0v) is 11.8. The smallest absolute Gasteiger partial charge is 0.324 e. The van der Waals surface area contributed by atoms with Crippen molar-refractivity contribution >= 4 is 17.4 Å². The van der Waals surface area contributed by atoms with Crippen LogP contribution >= 0.6 is 7.60 Å². The average Bonchev–Trinajstić information content (AvgIpc) is 2.40. The van der Waals surface area contributed by atoms with E-state index in [9.17, 15) is 13.0 Å². The van der Waals surface area contributed by atoms with Crippen LogP contribution < -0.4 is 0 Å². The van der Waals surface area contributed by atoms with Crippen molar-refractivity contribution in [2.24, 2.45) is 11.8 Å². The van der Waals surface area contributed by atoms with Gasteiger partial charge in [0, 0.05) is 19.3 Å². The second kappa shape index (κ2) is 5.36. The van der Waals surface area contributed by atoms with E-state index in [1.807, 2.05) is 6.92 Å². The van der Waals surface area contributed by atoms with Gasteiger partial charge in [0.25, 0.3) is 0 Å². The third kappa shape index (κ3) is 5.48. The molecule has 1 aliphatic rings. The number of hydrogen-bond donors (Lipinski definition) is 2. The molecule has 1 rings (SSSR count). The number of nitrogens with zero attached hydrogens (tertiary/aromatic N) is 1. The standard InChI is InChI=1S/C9H20NO5PS/c1-3-8-4-10(7-16(11,12)13)5-9(8)6-17(2,14)15/h8-9H,3-7H2,1-2H3,(H2,11,12,13). The Morgan fingerprint density at radius 2 is 1.82 bits per heavy atom. The van der Waals surface area contributed by atoms with Crippen molar-refractivity contribution < 1.29 is 22.8 Å². The minimum atomic E-state index is -4.05. The number of rotatable bonds is 5. The number of likely N-dealkylation sites (tertiary alicyclic amines) is 1. The predicted molar refractivity (Wildman–Crippen MR) is 65.5 cm³/mol. The largest absolute Gasteiger partial charge is 0.339 e. The van der Waals surface area contributed by atoms with Gasteiger partial charge in [-0.2, -0.15) is 0 Å². The third-order valence-corrected chi connectivity index (χ3v) is 4.88. The molecule has 6 nitrogen and oxygen atoms in total. The second-order valence-corrected chi connectivity index (χ2v) is 8.66. The average molecular weight is 285 g/mol. The van der Waals surface area contributed by atoms with E-state index in [4.69, 9.17) is 9.79 Å². The SMILES string of the molecule is CCC1CN(CP(=O)(O)O)CC1CS(C)(=O)=O. The summed E-state index contributed by atoms with van der Waals surface area (Å²) in [6.07, 6.45) is 1.76. The molecule has 0 aromatic heterocycles. The maximum Gasteiger partial charge on any atom is 0.339 e. The fraction of sp³-hybridized carbons (Fsp3) is 1.00. The highest BCUT2D eigenvalue weighted by Gasteiger charge is 2.35. The molecule has 1 aliphatic heterocycles. The van der Waals surface area contributed by atoms with Gasteiger partial charge >= 0.3 is 7.60 Å². The van der Waals surface area contributed by atoms with Crippen LogP contribution in [-0.2, 0) is 14.4 Å². The highest BCUT2D eigenvalue weighted by molar-refractivity contribution is 7.90. The Morgan fingerprint density at radius 3 is 2.24 bits per heavy atom. The molecular weight excluding hydrogens is 265 g/mol. The lowest BCUT2D eigenvalue weighted by molar-refractivity contribution is 0.306. The molecule has 0 radical (unpaired) electrons. The zero-order valence-electron chi connectivity index (χ0n) is 10.1. The fourth-order valence-corrected chi connectivity index (χ4v) is 4.36. The van der Waals surface area contributed by atoms with Gasteiger partial charge in [0.2, 0.25) is 0 Å². The highest BCUT2D eigenvalue weighted by atomic mass is 32.2. The zero-order chi connectivity index (χ0) is 13.3. The van der Waals surface area contributed by atoms with Crippen molar-refractivity contribution in [2.75, 3.05) is 31.4 Å². The van der Waals surface area contributed by atoms with Crippen LogP contribution in [0.5, 0.6) is 0 Å². The molecule has 2 N–H and O–H groups in total. The Balaban J connectivity index is 2.65. The summed E-state index contributed by atoms with van der Waals surface area (Å²) in [6.45, 7) is 3.00. The summed E-state index contributed by atoms with van der Waals surface area (Å²) in [7, 11) is -7.09. The van der Waals surface area contributed by atoms with Gasteiger partial charge in [0.15, 0.2) is 0 Å². The summed E-state index contributed by atoms with van der Waals surface area (Å²) >= 11 is 0. The highest BCUT2D eigenvalue weighted by Crippen LogP contribution is 2.38. The minimum Gasteiger partial charge on any atom is -0.324 e. The maximum atomic E-state index is 11.3. The second-order valence-electron chi connectivity index (χ2n) is 4.86. The Morgan fingerprint density at radius 1 is 1.29 bits per heavy atom. The van der Waals surface area contributed by atoms with Crippen LogP contribution in [-0.4, -0.2) is 54.5 Å². The first kappa shape index (κ1) is 15.1. The van der Waals surface area contributed by atoms with Crippen LogP contribution in [0.3, 0.4) is 0 Å². The van der Waals surface area contributed by atoms with Gasteiger partial charge in [-0.15, -0.1) is 0 Å². The molecule has 2 unspecified atom stereocenters. The lowest BCUT2D eigenvalue weighted by Crippen LogP contribution is -2.24. The van der Waals surface area contributed by atoms with E-state index < -0.39 is 17.4 Å². The van der Waals surface area contributed by atoms with Gasteiger partial charge in [0.1, 0.15) is 16.1 Å². The van der Waals surface area contributed by atoms with E-state index in [2.05, 4.69) is 0 Å². The summed E-state index contributed by atoms with van der Waals surface area (Å²) in [6, 6.07) is 0. The molecule has 1 fully saturated rings. The van der Waals surface area contributed by atoms with Gasteiger partial charge in [0.05, 0.1) is 5.75 Å². The van der Waals surface area contributed by atoms with Gasteiger partial charge in [-0.05, 0) is 11.8 Å². The first-order valence-electron chi connectivity index (χ1n) is 5.55. The van der Waals surface area contributed by atoms with E-state index in [1.165, 1.54) is 6.26 Å². The molecule has 2 atom stereocenters. The molecule has 8 heteroatoms. The Bertz CT molecular complexity index is 404. The van der Waals surface area contributed by atoms with Crippen molar-refractivity contribution in [3.63, 3.8) is 0 Å². The van der Waals surface area contributed by atoms with Gasteiger partial charge < -0.3 is 9.79 Å². The van der Waals surface area contributed by atoms with Crippen molar-refractivity contribution in [2.45, 2.75) is 13.3 Å². The van der Waals surface area contributed by atoms with Crippen molar-refractivity contribution in [3.8, 4) is 0 Å². The van der Waals surface area contributed by atoms with Crippen LogP contribution in [0.2, 0.25) is 0 Å². The lowest BCUT2D eigenvalue weighted by Gasteiger charge is -2.16. The molecule has 0 aromatic carbocycles. The monoisotopic (exact) mass is 285 g/mol. The van der Waals surface area contributed by atoms with Crippen molar-refractivity contribution in [3.05, 3.63) is 0 Å². The van der Waals surface area contributed by atoms with Crippen molar-refractivity contribution in [1.82, 2.24) is 4.90 Å². The van der Waals surface area contributed by atoms with Gasteiger partial charge in [-0.1, -0.05) is 13.3 Å². The van der Waals surface area contributed by atoms with E-state index in [1.54, 1.807) is 4.90 Å². The van der Waals surface area contributed by atoms with E-state index in [0.717, 1.165) is 6.42 Å². The number of sulfone groups is 1. The predicted octanol–water partition coefficient (Wildman–Crippen LogP) is 0.124. The molecule has 0 aromatic rings. The molecule has 0 spiro atoms. The van der Waals surface area contributed by atoms with Crippen LogP contribution in [0.4, 0.5) is 0 Å². The third-order valence-electron chi connectivity index (χ3n) is 3.08. The van der Waals surface area contributed by atoms with Gasteiger partial charge in [-0.25, -0.2) is 8.42 Å². The molecular formula is C9H20NO5PS. The van der Waals surface area contributed by atoms with Crippen molar-refractivity contribution in [1.29, 1.82) is 0 Å². The fourth-order valence-electron chi connectivity index (χ4n) is 2.45. The van der Waals surface area contributed by atoms with E-state index in [0.29, 0.717) is 13.1 Å². The van der Waals surface area contributed by atoms with Gasteiger partial charge in [-0.3, -0.25) is 9.46 Å². The maximum absolute atomic E-state index is 11.3. The molecule has 0 saturated carbocycles. The Kier molecular flexibility index (Phi) is 4.77. The first-order chi connectivity index (χ1) is 7.61. The molecule has 0 bridgehead atoms. The summed E-state index contributed by atoms with van der Waals surface area (Å²) in [5, 5.41) is 0. The minimum absolute atomic E-state index is 0.0125. The van der Waals surface area contributed by atoms with Crippen LogP contribution in [0.1, 0.15) is 13.3 Å². The Labute approximate surface area is 102 Å². The molecule has 102 valence electrons. The first-order valence-corrected chi connectivity index (χ1v) is 9.41. The molecule has 17 heavy (non-hydrogen) atoms. The molecule has 0 aliphatic carbocycles. The van der Waals surface area contributed by atoms with Crippen LogP contribution in [0.15, 0.2) is 0 Å². The summed E-state index contributed by atoms with van der Waals surface area (Å²) in [5.74, 6) is 0.293. The van der Waals surface area contributed by atoms with E-state index >= 15 is 0 Å². The summed E-state index contributed by atoms with van der Waals surface area (Å²) in [5.41, 5.74) is 0. The van der Waals surface area contributed by atoms with Crippen LogP contribution in [0, 0.1) is 11.8 Å². The number of hydrogen-bond acceptors (Lipinski definition) is 4. The topological polar surface area (TPSA) is 94.9 Å². The molecule has 1 heterocycles. The summed E-state index contributed by atoms with van der Waals surface area (Å²) in [4.78, 5) is 19.5. The quantitative estimate of drug-likeness (QED) is 0.697. The van der Waals surface area contributed by atoms with Crippen LogP contribution in [0.25, 0.3) is 0 Å². The lowest BCUT2D eigenvalue weighted by atomic mass is 9.96. The molecule has 0 amide bonds. The van der Waals surface area contributed by atoms with E-state index in [-0.39, 0.29) is 23.9 Å². The molecule has 1 saturated heterocycles. The Hall–Kier alpha value is 0.0600. The normalized spacial score (nSPS) is 27.5.